The van der Waals surface area contributed by atoms with Gasteiger partial charge in [-0.05, 0) is 48.7 Å². The van der Waals surface area contributed by atoms with Gasteiger partial charge in [-0.1, -0.05) is 29.8 Å². The summed E-state index contributed by atoms with van der Waals surface area (Å²) in [6.45, 7) is 3.40. The number of carbonyl (C=O) groups is 1. The molecule has 5 nitrogen and oxygen atoms in total. The molecule has 1 aliphatic rings. The summed E-state index contributed by atoms with van der Waals surface area (Å²) in [5, 5.41) is 6.40. The number of nitrogens with one attached hydrogen (secondary N) is 2. The molecule has 2 heterocycles. The van der Waals surface area contributed by atoms with Gasteiger partial charge < -0.3 is 15.2 Å². The van der Waals surface area contributed by atoms with E-state index >= 15 is 0 Å². The molecule has 3 aromatic rings. The fourth-order valence-electron chi connectivity index (χ4n) is 3.31. The monoisotopic (exact) mass is 380 g/mol. The molecule has 2 N–H and O–H groups in total. The molecule has 0 bridgehead atoms. The van der Waals surface area contributed by atoms with Crippen LogP contribution in [0.5, 0.6) is 0 Å². The molecule has 0 saturated carbocycles. The summed E-state index contributed by atoms with van der Waals surface area (Å²) < 4.78 is 2.22. The number of benzene rings is 2. The fraction of sp³-hybridized carbons (Fsp3) is 0.238. The summed E-state index contributed by atoms with van der Waals surface area (Å²) in [6.07, 6.45) is 4.34. The standard InChI is InChI=1S/C21H21ClN4O/c1-14-10-17(7-8-18(14)22)24-21(27)23-12-15-4-2-5-16(11-15)19-13-26-9-3-6-20(26)25-19/h2,4-5,7-8,10-11,13H,3,6,9,12H2,1H3,(H2,23,24,27). The second-order valence-electron chi connectivity index (χ2n) is 6.81. The highest BCUT2D eigenvalue weighted by Crippen LogP contribution is 2.24. The highest BCUT2D eigenvalue weighted by Gasteiger charge is 2.14. The van der Waals surface area contributed by atoms with Gasteiger partial charge in [-0.15, -0.1) is 0 Å². The van der Waals surface area contributed by atoms with Crippen molar-refractivity contribution in [1.82, 2.24) is 14.9 Å². The first-order valence-corrected chi connectivity index (χ1v) is 9.43. The molecule has 1 aliphatic heterocycles. The molecule has 0 aliphatic carbocycles. The van der Waals surface area contributed by atoms with Gasteiger partial charge >= 0.3 is 6.03 Å². The molecule has 4 rings (SSSR count). The maximum atomic E-state index is 12.2. The van der Waals surface area contributed by atoms with E-state index in [2.05, 4.69) is 33.5 Å². The third-order valence-corrected chi connectivity index (χ3v) is 5.17. The summed E-state index contributed by atoms with van der Waals surface area (Å²) in [5.74, 6) is 1.16. The van der Waals surface area contributed by atoms with Crippen LogP contribution in [0.2, 0.25) is 5.02 Å². The largest absolute Gasteiger partial charge is 0.334 e. The third-order valence-electron chi connectivity index (χ3n) is 4.75. The smallest absolute Gasteiger partial charge is 0.319 e. The Morgan fingerprint density at radius 1 is 1.26 bits per heavy atom. The number of rotatable bonds is 4. The van der Waals surface area contributed by atoms with E-state index in [0.29, 0.717) is 11.6 Å². The van der Waals surface area contributed by atoms with Gasteiger partial charge in [-0.2, -0.15) is 0 Å². The predicted molar refractivity (Wildman–Crippen MR) is 108 cm³/mol. The molecule has 0 atom stereocenters. The molecule has 0 radical (unpaired) electrons. The topological polar surface area (TPSA) is 59.0 Å². The first kappa shape index (κ1) is 17.6. The summed E-state index contributed by atoms with van der Waals surface area (Å²) in [6, 6.07) is 13.3. The van der Waals surface area contributed by atoms with Crippen molar-refractivity contribution in [1.29, 1.82) is 0 Å². The first-order chi connectivity index (χ1) is 13.1. The third kappa shape index (κ3) is 3.98. The number of hydrogen-bond donors (Lipinski definition) is 2. The average molecular weight is 381 g/mol. The number of halogens is 1. The van der Waals surface area contributed by atoms with Crippen molar-refractivity contribution >= 4 is 23.3 Å². The number of urea groups is 1. The van der Waals surface area contributed by atoms with Gasteiger partial charge in [0.1, 0.15) is 5.82 Å². The van der Waals surface area contributed by atoms with Crippen LogP contribution >= 0.6 is 11.6 Å². The van der Waals surface area contributed by atoms with Crippen LogP contribution in [-0.4, -0.2) is 15.6 Å². The Hall–Kier alpha value is -2.79. The van der Waals surface area contributed by atoms with Crippen LogP contribution in [-0.2, 0) is 19.5 Å². The van der Waals surface area contributed by atoms with Crippen LogP contribution in [0.15, 0.2) is 48.7 Å². The van der Waals surface area contributed by atoms with Gasteiger partial charge in [0.2, 0.25) is 0 Å². The van der Waals surface area contributed by atoms with Crippen LogP contribution in [0, 0.1) is 6.92 Å². The summed E-state index contributed by atoms with van der Waals surface area (Å²) in [7, 11) is 0. The number of anilines is 1. The predicted octanol–water partition coefficient (Wildman–Crippen LogP) is 4.78. The molecule has 6 heteroatoms. The van der Waals surface area contributed by atoms with E-state index in [1.807, 2.05) is 25.1 Å². The summed E-state index contributed by atoms with van der Waals surface area (Å²) in [5.41, 5.74) is 4.74. The Kier molecular flexibility index (Phi) is 4.86. The van der Waals surface area contributed by atoms with Crippen molar-refractivity contribution < 1.29 is 4.79 Å². The second-order valence-corrected chi connectivity index (χ2v) is 7.22. The van der Waals surface area contributed by atoms with E-state index in [-0.39, 0.29) is 6.03 Å². The maximum absolute atomic E-state index is 12.2. The molecular formula is C21H21ClN4O. The van der Waals surface area contributed by atoms with E-state index in [1.54, 1.807) is 12.1 Å². The minimum Gasteiger partial charge on any atom is -0.334 e. The number of amides is 2. The molecule has 2 aromatic carbocycles. The normalized spacial score (nSPS) is 12.7. The lowest BCUT2D eigenvalue weighted by molar-refractivity contribution is 0.251. The van der Waals surface area contributed by atoms with Crippen LogP contribution in [0.3, 0.4) is 0 Å². The molecule has 0 unspecified atom stereocenters. The maximum Gasteiger partial charge on any atom is 0.319 e. The Labute approximate surface area is 163 Å². The van der Waals surface area contributed by atoms with Crippen molar-refractivity contribution in [2.75, 3.05) is 5.32 Å². The molecular weight excluding hydrogens is 360 g/mol. The number of imidazole rings is 1. The lowest BCUT2D eigenvalue weighted by Gasteiger charge is -2.09. The van der Waals surface area contributed by atoms with Gasteiger partial charge in [-0.25, -0.2) is 9.78 Å². The van der Waals surface area contributed by atoms with Crippen LogP contribution in [0.4, 0.5) is 10.5 Å². The minimum atomic E-state index is -0.247. The van der Waals surface area contributed by atoms with Crippen molar-refractivity contribution in [2.45, 2.75) is 32.9 Å². The van der Waals surface area contributed by atoms with Crippen LogP contribution < -0.4 is 10.6 Å². The molecule has 0 spiro atoms. The van der Waals surface area contributed by atoms with Crippen molar-refractivity contribution in [3.63, 3.8) is 0 Å². The van der Waals surface area contributed by atoms with Crippen LogP contribution in [0.1, 0.15) is 23.4 Å². The lowest BCUT2D eigenvalue weighted by Crippen LogP contribution is -2.28. The van der Waals surface area contributed by atoms with E-state index in [4.69, 9.17) is 16.6 Å². The van der Waals surface area contributed by atoms with Crippen molar-refractivity contribution in [3.05, 3.63) is 70.6 Å². The summed E-state index contributed by atoms with van der Waals surface area (Å²) in [4.78, 5) is 16.9. The molecule has 138 valence electrons. The van der Waals surface area contributed by atoms with Gasteiger partial charge in [-0.3, -0.25) is 0 Å². The molecule has 0 saturated heterocycles. The zero-order valence-corrected chi connectivity index (χ0v) is 15.9. The number of hydrogen-bond acceptors (Lipinski definition) is 2. The Bertz CT molecular complexity index is 974. The van der Waals surface area contributed by atoms with E-state index < -0.39 is 0 Å². The van der Waals surface area contributed by atoms with Gasteiger partial charge in [0.15, 0.2) is 0 Å². The SMILES string of the molecule is Cc1cc(NC(=O)NCc2cccc(-c3cn4c(n3)CCC4)c2)ccc1Cl. The fourth-order valence-corrected chi connectivity index (χ4v) is 3.43. The summed E-state index contributed by atoms with van der Waals surface area (Å²) >= 11 is 6.01. The van der Waals surface area contributed by atoms with Gasteiger partial charge in [0.05, 0.1) is 5.69 Å². The molecule has 2 amide bonds. The van der Waals surface area contributed by atoms with E-state index in [9.17, 15) is 4.79 Å². The Balaban J connectivity index is 1.39. The Morgan fingerprint density at radius 2 is 2.15 bits per heavy atom. The minimum absolute atomic E-state index is 0.247. The van der Waals surface area contributed by atoms with Gasteiger partial charge in [0.25, 0.3) is 0 Å². The van der Waals surface area contributed by atoms with Crippen molar-refractivity contribution in [3.8, 4) is 11.3 Å². The Morgan fingerprint density at radius 3 is 2.96 bits per heavy atom. The zero-order chi connectivity index (χ0) is 18.8. The lowest BCUT2D eigenvalue weighted by atomic mass is 10.1. The van der Waals surface area contributed by atoms with E-state index in [1.165, 1.54) is 6.42 Å². The van der Waals surface area contributed by atoms with Gasteiger partial charge in [0, 0.05) is 42.0 Å². The number of aryl methyl sites for hydroxylation is 3. The molecule has 1 aromatic heterocycles. The average Bonchev–Trinajstić information content (AvgIpc) is 3.25. The number of nitrogens with zero attached hydrogens (tertiary/aromatic N) is 2. The highest BCUT2D eigenvalue weighted by molar-refractivity contribution is 6.31. The molecule has 0 fully saturated rings. The molecule has 27 heavy (non-hydrogen) atoms. The second kappa shape index (κ2) is 7.45. The number of carbonyl (C=O) groups excluding carboxylic acids is 1. The van der Waals surface area contributed by atoms with E-state index in [0.717, 1.165) is 46.9 Å². The number of fused-ring (bicyclic) bond motifs is 1. The van der Waals surface area contributed by atoms with Crippen molar-refractivity contribution in [2.24, 2.45) is 0 Å². The first-order valence-electron chi connectivity index (χ1n) is 9.05. The van der Waals surface area contributed by atoms with Crippen LogP contribution in [0.25, 0.3) is 11.3 Å². The number of aromatic nitrogens is 2. The zero-order valence-electron chi connectivity index (χ0n) is 15.1. The highest BCUT2D eigenvalue weighted by atomic mass is 35.5. The quantitative estimate of drug-likeness (QED) is 0.684.